The number of nitrogens with zero attached hydrogens (tertiary/aromatic N) is 3. The predicted molar refractivity (Wildman–Crippen MR) is 92.0 cm³/mol. The Morgan fingerprint density at radius 2 is 1.73 bits per heavy atom. The summed E-state index contributed by atoms with van der Waals surface area (Å²) in [6.45, 7) is 0.388. The highest BCUT2D eigenvalue weighted by Crippen LogP contribution is 2.32. The van der Waals surface area contributed by atoms with Gasteiger partial charge < -0.3 is 0 Å². The maximum atomic E-state index is 12.3. The van der Waals surface area contributed by atoms with Gasteiger partial charge in [0.15, 0.2) is 0 Å². The molecule has 1 saturated heterocycles. The summed E-state index contributed by atoms with van der Waals surface area (Å²) >= 11 is 0. The molecule has 0 saturated carbocycles. The number of hydrazone groups is 1. The van der Waals surface area contributed by atoms with Gasteiger partial charge in [-0.1, -0.05) is 30.3 Å². The largest absolute Gasteiger partial charge is 0.294 e. The van der Waals surface area contributed by atoms with E-state index in [0.717, 1.165) is 5.56 Å². The molecule has 0 aromatic heterocycles. The molecule has 1 fully saturated rings. The van der Waals surface area contributed by atoms with Gasteiger partial charge in [-0.25, -0.2) is 0 Å². The van der Waals surface area contributed by atoms with Crippen molar-refractivity contribution in [1.82, 2.24) is 10.3 Å². The molecule has 2 aromatic rings. The number of rotatable bonds is 4. The first-order chi connectivity index (χ1) is 12.5. The Labute approximate surface area is 148 Å². The first kappa shape index (κ1) is 15.9. The molecule has 0 bridgehead atoms. The number of amides is 2. The Morgan fingerprint density at radius 3 is 2.38 bits per heavy atom. The van der Waals surface area contributed by atoms with Gasteiger partial charge in [0.25, 0.3) is 11.6 Å². The molecule has 8 nitrogen and oxygen atoms in total. The summed E-state index contributed by atoms with van der Waals surface area (Å²) in [5.74, 6) is -1.49. The van der Waals surface area contributed by atoms with E-state index in [4.69, 9.17) is 0 Å². The summed E-state index contributed by atoms with van der Waals surface area (Å²) in [6, 6.07) is 14.6. The van der Waals surface area contributed by atoms with Crippen LogP contribution < -0.4 is 5.32 Å². The molecule has 8 heteroatoms. The van der Waals surface area contributed by atoms with Crippen molar-refractivity contribution in [3.05, 3.63) is 75.8 Å². The highest BCUT2D eigenvalue weighted by atomic mass is 16.6. The quantitative estimate of drug-likeness (QED) is 0.510. The number of imide groups is 1. The number of nitrogens with one attached hydrogen (secondary N) is 1. The normalized spacial score (nSPS) is 21.4. The van der Waals surface area contributed by atoms with Crippen molar-refractivity contribution in [2.75, 3.05) is 0 Å². The number of carbonyl (C=O) groups excluding carboxylic acids is 2. The first-order valence-electron chi connectivity index (χ1n) is 8.03. The molecule has 0 aliphatic carbocycles. The molecule has 2 atom stereocenters. The van der Waals surface area contributed by atoms with Crippen LogP contribution in [0.25, 0.3) is 0 Å². The number of fused-ring (bicyclic) bond motifs is 1. The molecule has 2 aromatic carbocycles. The SMILES string of the molecule is O=C1NC(=O)[C@@H]2[C@H]1C(c1ccc([N+](=O)[O-])cc1)=NN2Cc1ccccc1. The fourth-order valence-electron chi connectivity index (χ4n) is 3.31. The lowest BCUT2D eigenvalue weighted by molar-refractivity contribution is -0.384. The Bertz CT molecular complexity index is 924. The van der Waals surface area contributed by atoms with Crippen molar-refractivity contribution < 1.29 is 14.5 Å². The van der Waals surface area contributed by atoms with Crippen LogP contribution in [0.1, 0.15) is 11.1 Å². The Hall–Kier alpha value is -3.55. The third kappa shape index (κ3) is 2.61. The summed E-state index contributed by atoms with van der Waals surface area (Å²) in [4.78, 5) is 34.9. The molecule has 2 aliphatic heterocycles. The number of hydrogen-bond donors (Lipinski definition) is 1. The summed E-state index contributed by atoms with van der Waals surface area (Å²) < 4.78 is 0. The van der Waals surface area contributed by atoms with E-state index >= 15 is 0 Å². The molecule has 0 spiro atoms. The average Bonchev–Trinajstić information content (AvgIpc) is 3.15. The number of benzene rings is 2. The minimum atomic E-state index is -0.715. The smallest absolute Gasteiger partial charge is 0.269 e. The van der Waals surface area contributed by atoms with E-state index in [-0.39, 0.29) is 11.6 Å². The predicted octanol–water partition coefficient (Wildman–Crippen LogP) is 1.46. The molecule has 2 heterocycles. The topological polar surface area (TPSA) is 105 Å². The molecular weight excluding hydrogens is 336 g/mol. The zero-order valence-corrected chi connectivity index (χ0v) is 13.5. The van der Waals surface area contributed by atoms with Gasteiger partial charge in [0.2, 0.25) is 5.91 Å². The molecule has 1 N–H and O–H groups in total. The second-order valence-corrected chi connectivity index (χ2v) is 6.15. The molecule has 2 aliphatic rings. The standard InChI is InChI=1S/C18H14N4O4/c23-17-14-15(12-6-8-13(9-7-12)22(25)26)20-21(16(14)18(24)19-17)10-11-4-2-1-3-5-11/h1-9,14,16H,10H2,(H,19,23,24)/t14-,16+/m1/s1. The number of nitro benzene ring substituents is 1. The van der Waals surface area contributed by atoms with E-state index in [2.05, 4.69) is 10.4 Å². The first-order valence-corrected chi connectivity index (χ1v) is 8.03. The van der Waals surface area contributed by atoms with Crippen LogP contribution >= 0.6 is 0 Å². The van der Waals surface area contributed by atoms with Crippen molar-refractivity contribution in [2.24, 2.45) is 11.0 Å². The van der Waals surface area contributed by atoms with Crippen LogP contribution in [0.4, 0.5) is 5.69 Å². The molecular formula is C18H14N4O4. The van der Waals surface area contributed by atoms with E-state index < -0.39 is 22.8 Å². The van der Waals surface area contributed by atoms with Crippen LogP contribution in [-0.4, -0.2) is 33.5 Å². The summed E-state index contributed by atoms with van der Waals surface area (Å²) in [5, 5.41) is 19.3. The van der Waals surface area contributed by atoms with Crippen LogP contribution in [0.3, 0.4) is 0 Å². The Morgan fingerprint density at radius 1 is 1.04 bits per heavy atom. The average molecular weight is 350 g/mol. The van der Waals surface area contributed by atoms with Gasteiger partial charge in [-0.05, 0) is 23.3 Å². The van der Waals surface area contributed by atoms with Gasteiger partial charge in [-0.15, -0.1) is 0 Å². The lowest BCUT2D eigenvalue weighted by Gasteiger charge is -2.20. The van der Waals surface area contributed by atoms with E-state index in [1.165, 1.54) is 12.1 Å². The molecule has 0 radical (unpaired) electrons. The van der Waals surface area contributed by atoms with Crippen LogP contribution in [0.15, 0.2) is 59.7 Å². The van der Waals surface area contributed by atoms with Crippen molar-refractivity contribution >= 4 is 23.2 Å². The van der Waals surface area contributed by atoms with E-state index in [9.17, 15) is 19.7 Å². The second kappa shape index (κ2) is 6.07. The number of nitro groups is 1. The monoisotopic (exact) mass is 350 g/mol. The van der Waals surface area contributed by atoms with Crippen molar-refractivity contribution in [2.45, 2.75) is 12.6 Å². The summed E-state index contributed by atoms with van der Waals surface area (Å²) in [6.07, 6.45) is 0. The van der Waals surface area contributed by atoms with Gasteiger partial charge in [0.05, 0.1) is 17.2 Å². The highest BCUT2D eigenvalue weighted by molar-refractivity contribution is 6.23. The van der Waals surface area contributed by atoms with Gasteiger partial charge >= 0.3 is 0 Å². The van der Waals surface area contributed by atoms with Gasteiger partial charge in [-0.3, -0.25) is 30.0 Å². The van der Waals surface area contributed by atoms with Crippen LogP contribution in [0, 0.1) is 16.0 Å². The van der Waals surface area contributed by atoms with Crippen LogP contribution in [0.5, 0.6) is 0 Å². The molecule has 4 rings (SSSR count). The van der Waals surface area contributed by atoms with Crippen molar-refractivity contribution in [1.29, 1.82) is 0 Å². The minimum absolute atomic E-state index is 0.0445. The Kier molecular flexibility index (Phi) is 3.72. The van der Waals surface area contributed by atoms with Gasteiger partial charge in [-0.2, -0.15) is 5.10 Å². The fourth-order valence-corrected chi connectivity index (χ4v) is 3.31. The van der Waals surface area contributed by atoms with Gasteiger partial charge in [0.1, 0.15) is 12.0 Å². The highest BCUT2D eigenvalue weighted by Gasteiger charge is 2.52. The zero-order valence-electron chi connectivity index (χ0n) is 13.5. The molecule has 2 amide bonds. The number of non-ortho nitro benzene ring substituents is 1. The van der Waals surface area contributed by atoms with Crippen LogP contribution in [-0.2, 0) is 16.1 Å². The minimum Gasteiger partial charge on any atom is -0.294 e. The fraction of sp³-hybridized carbons (Fsp3) is 0.167. The van der Waals surface area contributed by atoms with Gasteiger partial charge in [0, 0.05) is 12.1 Å². The van der Waals surface area contributed by atoms with E-state index in [1.807, 2.05) is 30.3 Å². The number of hydrogen-bond acceptors (Lipinski definition) is 6. The van der Waals surface area contributed by atoms with E-state index in [1.54, 1.807) is 17.1 Å². The van der Waals surface area contributed by atoms with E-state index in [0.29, 0.717) is 17.8 Å². The van der Waals surface area contributed by atoms with Crippen molar-refractivity contribution in [3.63, 3.8) is 0 Å². The molecule has 0 unspecified atom stereocenters. The third-order valence-electron chi connectivity index (χ3n) is 4.53. The second-order valence-electron chi connectivity index (χ2n) is 6.15. The van der Waals surface area contributed by atoms with Crippen LogP contribution in [0.2, 0.25) is 0 Å². The maximum absolute atomic E-state index is 12.3. The zero-order chi connectivity index (χ0) is 18.3. The lowest BCUT2D eigenvalue weighted by Crippen LogP contribution is -2.37. The third-order valence-corrected chi connectivity index (χ3v) is 4.53. The summed E-state index contributed by atoms with van der Waals surface area (Å²) in [7, 11) is 0. The number of carbonyl (C=O) groups is 2. The molecule has 26 heavy (non-hydrogen) atoms. The summed E-state index contributed by atoms with van der Waals surface area (Å²) in [5.41, 5.74) is 1.96. The Balaban J connectivity index is 1.70. The van der Waals surface area contributed by atoms with Crippen molar-refractivity contribution in [3.8, 4) is 0 Å². The lowest BCUT2D eigenvalue weighted by atomic mass is 9.93. The maximum Gasteiger partial charge on any atom is 0.269 e. The molecule has 130 valence electrons.